The van der Waals surface area contributed by atoms with Gasteiger partial charge in [0.2, 0.25) is 0 Å². The molecule has 5 heteroatoms. The van der Waals surface area contributed by atoms with Gasteiger partial charge in [0.25, 0.3) is 0 Å². The number of pyridine rings is 2. The van der Waals surface area contributed by atoms with Crippen molar-refractivity contribution in [3.63, 3.8) is 0 Å². The maximum Gasteiger partial charge on any atom is 0.146 e. The quantitative estimate of drug-likeness (QED) is 0.230. The van der Waals surface area contributed by atoms with Crippen LogP contribution in [0.1, 0.15) is 0 Å². The predicted octanol–water partition coefficient (Wildman–Crippen LogP) is 7.77. The molecular weight excluding hydrogens is 418 g/mol. The molecule has 0 saturated carbocycles. The van der Waals surface area contributed by atoms with Crippen LogP contribution in [0.4, 0.5) is 0 Å². The van der Waals surface area contributed by atoms with Gasteiger partial charge in [-0.05, 0) is 29.7 Å². The van der Waals surface area contributed by atoms with Gasteiger partial charge >= 0.3 is 0 Å². The van der Waals surface area contributed by atoms with Gasteiger partial charge in [0.1, 0.15) is 5.65 Å². The minimum Gasteiger partial charge on any atom is -0.298 e. The Balaban J connectivity index is 1.69. The van der Waals surface area contributed by atoms with Crippen molar-refractivity contribution in [2.24, 2.45) is 0 Å². The molecule has 5 heterocycles. The average molecular weight is 432 g/mol. The van der Waals surface area contributed by atoms with E-state index in [1.807, 2.05) is 41.3 Å². The normalized spacial score (nSPS) is 12.5. The molecule has 0 bridgehead atoms. The Morgan fingerprint density at radius 1 is 0.645 bits per heavy atom. The Morgan fingerprint density at radius 3 is 2.45 bits per heavy atom. The largest absolute Gasteiger partial charge is 0.298 e. The van der Waals surface area contributed by atoms with Crippen LogP contribution in [0.15, 0.2) is 79.4 Å². The fraction of sp³-hybridized carbons (Fsp3) is 0. The number of thiophene rings is 2. The Hall–Kier alpha value is -3.54. The third-order valence-electron chi connectivity index (χ3n) is 6.35. The molecule has 5 aromatic heterocycles. The fourth-order valence-electron chi connectivity index (χ4n) is 5.08. The van der Waals surface area contributed by atoms with Crippen molar-refractivity contribution >= 4 is 90.3 Å². The van der Waals surface area contributed by atoms with Crippen molar-refractivity contribution in [1.29, 1.82) is 0 Å². The Kier molecular flexibility index (Phi) is 2.91. The summed E-state index contributed by atoms with van der Waals surface area (Å²) in [5.74, 6) is 0. The van der Waals surface area contributed by atoms with E-state index in [2.05, 4.69) is 75.2 Å². The van der Waals surface area contributed by atoms with Crippen molar-refractivity contribution in [2.75, 3.05) is 0 Å². The van der Waals surface area contributed by atoms with Crippen LogP contribution in [-0.4, -0.2) is 14.4 Å². The lowest BCUT2D eigenvalue weighted by Gasteiger charge is -2.09. The Bertz CT molecular complexity index is 2010. The van der Waals surface area contributed by atoms with Gasteiger partial charge in [-0.2, -0.15) is 0 Å². The van der Waals surface area contributed by atoms with Gasteiger partial charge in [-0.1, -0.05) is 30.3 Å². The van der Waals surface area contributed by atoms with Gasteiger partial charge in [0.15, 0.2) is 0 Å². The highest BCUT2D eigenvalue weighted by molar-refractivity contribution is 7.28. The van der Waals surface area contributed by atoms with Crippen molar-refractivity contribution in [3.05, 3.63) is 79.4 Å². The first-order valence-electron chi connectivity index (χ1n) is 10.2. The van der Waals surface area contributed by atoms with Crippen LogP contribution in [0.2, 0.25) is 0 Å². The number of rotatable bonds is 0. The maximum atomic E-state index is 4.67. The molecule has 8 aromatic rings. The van der Waals surface area contributed by atoms with Crippen molar-refractivity contribution in [2.45, 2.75) is 0 Å². The van der Waals surface area contributed by atoms with Crippen LogP contribution in [0, 0.1) is 0 Å². The first-order valence-corrected chi connectivity index (χ1v) is 11.8. The highest BCUT2D eigenvalue weighted by atomic mass is 32.1. The lowest BCUT2D eigenvalue weighted by atomic mass is 10.0. The number of benzene rings is 3. The molecule has 0 aliphatic carbocycles. The Morgan fingerprint density at radius 2 is 1.48 bits per heavy atom. The van der Waals surface area contributed by atoms with Crippen LogP contribution in [0.3, 0.4) is 0 Å². The second-order valence-corrected chi connectivity index (χ2v) is 10.0. The first-order chi connectivity index (χ1) is 15.4. The maximum absolute atomic E-state index is 4.67. The van der Waals surface area contributed by atoms with Gasteiger partial charge in [0, 0.05) is 71.2 Å². The molecule has 8 rings (SSSR count). The van der Waals surface area contributed by atoms with E-state index in [4.69, 9.17) is 0 Å². The molecule has 0 aliphatic rings. The van der Waals surface area contributed by atoms with Crippen LogP contribution >= 0.6 is 22.7 Å². The molecular formula is C26H13N3S2. The lowest BCUT2D eigenvalue weighted by Crippen LogP contribution is -1.91. The number of hydrogen-bond donors (Lipinski definition) is 0. The molecule has 3 nitrogen and oxygen atoms in total. The molecule has 0 aliphatic heterocycles. The molecule has 0 saturated heterocycles. The molecule has 31 heavy (non-hydrogen) atoms. The summed E-state index contributed by atoms with van der Waals surface area (Å²) in [6, 6.07) is 20.0. The molecule has 144 valence electrons. The number of aromatic nitrogens is 3. The summed E-state index contributed by atoms with van der Waals surface area (Å²) in [7, 11) is 0. The second-order valence-electron chi connectivity index (χ2n) is 7.89. The molecule has 0 spiro atoms. The highest BCUT2D eigenvalue weighted by Gasteiger charge is 2.18. The van der Waals surface area contributed by atoms with E-state index in [0.29, 0.717) is 0 Å². The summed E-state index contributed by atoms with van der Waals surface area (Å²) < 4.78 is 7.59. The van der Waals surface area contributed by atoms with Crippen molar-refractivity contribution in [1.82, 2.24) is 14.4 Å². The zero-order chi connectivity index (χ0) is 20.1. The summed E-state index contributed by atoms with van der Waals surface area (Å²) in [6.45, 7) is 0. The average Bonchev–Trinajstić information content (AvgIpc) is 3.53. The molecule has 0 N–H and O–H groups in total. The molecule has 3 aromatic carbocycles. The zero-order valence-corrected chi connectivity index (χ0v) is 17.8. The monoisotopic (exact) mass is 431 g/mol. The number of hydrogen-bond acceptors (Lipinski definition) is 4. The van der Waals surface area contributed by atoms with Gasteiger partial charge in [0.05, 0.1) is 10.2 Å². The van der Waals surface area contributed by atoms with Gasteiger partial charge in [-0.25, -0.2) is 4.98 Å². The van der Waals surface area contributed by atoms with Crippen LogP contribution in [0.5, 0.6) is 0 Å². The SMILES string of the molecule is c1ccc2c(c1)sc1ccc3sc4c(ccc5c6ccncc6c6nccn6c54)c3c12. The second kappa shape index (κ2) is 5.58. The smallest absolute Gasteiger partial charge is 0.146 e. The van der Waals surface area contributed by atoms with E-state index in [1.54, 1.807) is 0 Å². The van der Waals surface area contributed by atoms with Gasteiger partial charge < -0.3 is 0 Å². The number of fused-ring (bicyclic) bond motifs is 14. The standard InChI is InChI=1S/C26H13N3S2/c1-2-4-19-16(3-1)22-20(30-19)7-8-21-23(22)17-6-5-15-14-9-10-27-13-18(14)26-28-11-12-29(26)24(15)25(17)31-21/h1-13H. The lowest BCUT2D eigenvalue weighted by molar-refractivity contribution is 1.27. The van der Waals surface area contributed by atoms with Crippen LogP contribution < -0.4 is 0 Å². The van der Waals surface area contributed by atoms with E-state index in [1.165, 1.54) is 56.6 Å². The van der Waals surface area contributed by atoms with Crippen molar-refractivity contribution in [3.8, 4) is 0 Å². The van der Waals surface area contributed by atoms with Gasteiger partial charge in [-0.3, -0.25) is 9.38 Å². The Labute approximate surface area is 183 Å². The first kappa shape index (κ1) is 16.2. The summed E-state index contributed by atoms with van der Waals surface area (Å²) in [5, 5.41) is 8.97. The van der Waals surface area contributed by atoms with Crippen LogP contribution in [-0.2, 0) is 0 Å². The highest BCUT2D eigenvalue weighted by Crippen LogP contribution is 2.46. The molecule has 0 amide bonds. The van der Waals surface area contributed by atoms with Crippen LogP contribution in [0.25, 0.3) is 67.7 Å². The summed E-state index contributed by atoms with van der Waals surface area (Å²) in [5.41, 5.74) is 2.20. The molecule has 0 radical (unpaired) electrons. The molecule has 0 fully saturated rings. The minimum atomic E-state index is 0.965. The minimum absolute atomic E-state index is 0.965. The van der Waals surface area contributed by atoms with E-state index in [-0.39, 0.29) is 0 Å². The summed E-state index contributed by atoms with van der Waals surface area (Å²) >= 11 is 3.77. The third kappa shape index (κ3) is 1.93. The third-order valence-corrected chi connectivity index (χ3v) is 8.67. The number of nitrogens with zero attached hydrogens (tertiary/aromatic N) is 3. The van der Waals surface area contributed by atoms with Crippen molar-refractivity contribution < 1.29 is 0 Å². The van der Waals surface area contributed by atoms with E-state index in [0.717, 1.165) is 11.0 Å². The molecule has 0 unspecified atom stereocenters. The number of imidazole rings is 1. The fourth-order valence-corrected chi connectivity index (χ4v) is 7.45. The topological polar surface area (TPSA) is 30.2 Å². The van der Waals surface area contributed by atoms with Gasteiger partial charge in [-0.15, -0.1) is 22.7 Å². The predicted molar refractivity (Wildman–Crippen MR) is 134 cm³/mol. The van der Waals surface area contributed by atoms with E-state index < -0.39 is 0 Å². The summed E-state index contributed by atoms with van der Waals surface area (Å²) in [6.07, 6.45) is 7.76. The van der Waals surface area contributed by atoms with E-state index >= 15 is 0 Å². The zero-order valence-electron chi connectivity index (χ0n) is 16.2. The summed E-state index contributed by atoms with van der Waals surface area (Å²) in [4.78, 5) is 9.02. The van der Waals surface area contributed by atoms with E-state index in [9.17, 15) is 0 Å². The molecule has 0 atom stereocenters.